The zero-order valence-electron chi connectivity index (χ0n) is 17.0. The fourth-order valence-electron chi connectivity index (χ4n) is 3.94. The number of ether oxygens (including phenoxy) is 2. The molecule has 8 nitrogen and oxygen atoms in total. The van der Waals surface area contributed by atoms with Crippen molar-refractivity contribution in [1.82, 2.24) is 24.6 Å². The topological polar surface area (TPSA) is 72.7 Å². The number of amides is 1. The standard InChI is InChI=1S/C22H23N5O3/c1-25-9-11-26(12-10-25)22(28)20-17-14-30-18-6-4-3-5-16(18)21(17)27(24-20)15-7-8-19(29-2)23-13-15/h3-8,13H,9-12,14H2,1-2H3. The lowest BCUT2D eigenvalue weighted by molar-refractivity contribution is 0.0655. The van der Waals surface area contributed by atoms with Gasteiger partial charge in [-0.1, -0.05) is 12.1 Å². The Hall–Kier alpha value is -3.39. The van der Waals surface area contributed by atoms with Crippen LogP contribution in [0.1, 0.15) is 16.1 Å². The van der Waals surface area contributed by atoms with Crippen LogP contribution < -0.4 is 9.47 Å². The van der Waals surface area contributed by atoms with Gasteiger partial charge in [-0.25, -0.2) is 9.67 Å². The summed E-state index contributed by atoms with van der Waals surface area (Å²) in [5, 5.41) is 4.76. The summed E-state index contributed by atoms with van der Waals surface area (Å²) in [4.78, 5) is 21.8. The Kier molecular flexibility index (Phi) is 4.63. The van der Waals surface area contributed by atoms with E-state index in [9.17, 15) is 4.79 Å². The van der Waals surface area contributed by atoms with Crippen molar-refractivity contribution in [2.75, 3.05) is 40.3 Å². The number of methoxy groups -OCH3 is 1. The summed E-state index contributed by atoms with van der Waals surface area (Å²) in [6, 6.07) is 11.5. The maximum Gasteiger partial charge on any atom is 0.274 e. The van der Waals surface area contributed by atoms with Crippen molar-refractivity contribution in [3.8, 4) is 28.6 Å². The van der Waals surface area contributed by atoms with E-state index in [-0.39, 0.29) is 5.91 Å². The molecule has 2 aliphatic heterocycles. The number of hydrogen-bond acceptors (Lipinski definition) is 6. The van der Waals surface area contributed by atoms with E-state index in [1.54, 1.807) is 24.1 Å². The van der Waals surface area contributed by atoms with Crippen molar-refractivity contribution in [2.45, 2.75) is 6.61 Å². The molecular formula is C22H23N5O3. The maximum atomic E-state index is 13.4. The van der Waals surface area contributed by atoms with Crippen LogP contribution in [0, 0.1) is 0 Å². The van der Waals surface area contributed by atoms with E-state index >= 15 is 0 Å². The number of fused-ring (bicyclic) bond motifs is 3. The van der Waals surface area contributed by atoms with Gasteiger partial charge >= 0.3 is 0 Å². The lowest BCUT2D eigenvalue weighted by Gasteiger charge is -2.32. The molecule has 0 radical (unpaired) electrons. The SMILES string of the molecule is COc1ccc(-n2nc(C(=O)N3CCN(C)CC3)c3c2-c2ccccc2OC3)cn1. The van der Waals surface area contributed by atoms with Gasteiger partial charge in [0.2, 0.25) is 5.88 Å². The number of rotatable bonds is 3. The number of carbonyl (C=O) groups excluding carboxylic acids is 1. The first-order valence-corrected chi connectivity index (χ1v) is 9.98. The van der Waals surface area contributed by atoms with Crippen molar-refractivity contribution in [3.63, 3.8) is 0 Å². The molecule has 5 rings (SSSR count). The lowest BCUT2D eigenvalue weighted by Crippen LogP contribution is -2.47. The zero-order valence-corrected chi connectivity index (χ0v) is 17.0. The second kappa shape index (κ2) is 7.46. The van der Waals surface area contributed by atoms with Crippen LogP contribution in [0.3, 0.4) is 0 Å². The first-order valence-electron chi connectivity index (χ1n) is 9.98. The Bertz CT molecular complexity index is 1080. The molecule has 1 amide bonds. The lowest BCUT2D eigenvalue weighted by atomic mass is 10.0. The molecule has 0 aliphatic carbocycles. The fourth-order valence-corrected chi connectivity index (χ4v) is 3.94. The predicted octanol–water partition coefficient (Wildman–Crippen LogP) is 2.22. The van der Waals surface area contributed by atoms with Crippen molar-refractivity contribution in [1.29, 1.82) is 0 Å². The highest BCUT2D eigenvalue weighted by Gasteiger charge is 2.32. The van der Waals surface area contributed by atoms with E-state index < -0.39 is 0 Å². The number of carbonyl (C=O) groups is 1. The van der Waals surface area contributed by atoms with Gasteiger partial charge in [-0.2, -0.15) is 5.10 Å². The van der Waals surface area contributed by atoms with Crippen LogP contribution in [0.25, 0.3) is 16.9 Å². The molecule has 0 bridgehead atoms. The van der Waals surface area contributed by atoms with E-state index in [0.717, 1.165) is 41.3 Å². The van der Waals surface area contributed by atoms with E-state index in [0.29, 0.717) is 31.3 Å². The summed E-state index contributed by atoms with van der Waals surface area (Å²) in [7, 11) is 3.65. The Balaban J connectivity index is 1.63. The minimum Gasteiger partial charge on any atom is -0.488 e. The molecule has 0 spiro atoms. The summed E-state index contributed by atoms with van der Waals surface area (Å²) in [5.74, 6) is 1.26. The Morgan fingerprint density at radius 3 is 2.63 bits per heavy atom. The van der Waals surface area contributed by atoms with Crippen LogP contribution in [0.4, 0.5) is 0 Å². The molecule has 0 saturated carbocycles. The van der Waals surface area contributed by atoms with Crippen molar-refractivity contribution in [2.24, 2.45) is 0 Å². The molecule has 1 fully saturated rings. The molecule has 8 heteroatoms. The quantitative estimate of drug-likeness (QED) is 0.665. The van der Waals surface area contributed by atoms with E-state index in [4.69, 9.17) is 14.6 Å². The van der Waals surface area contributed by atoms with Crippen LogP contribution in [-0.4, -0.2) is 70.8 Å². The van der Waals surface area contributed by atoms with Crippen molar-refractivity contribution < 1.29 is 14.3 Å². The van der Waals surface area contributed by atoms with Crippen molar-refractivity contribution >= 4 is 5.91 Å². The van der Waals surface area contributed by atoms with Gasteiger partial charge < -0.3 is 19.3 Å². The number of hydrogen-bond donors (Lipinski definition) is 0. The smallest absolute Gasteiger partial charge is 0.274 e. The summed E-state index contributed by atoms with van der Waals surface area (Å²) in [5.41, 5.74) is 3.82. The highest BCUT2D eigenvalue weighted by molar-refractivity contribution is 5.96. The molecule has 3 aromatic rings. The normalized spacial score (nSPS) is 15.9. The van der Waals surface area contributed by atoms with Gasteiger partial charge in [0, 0.05) is 43.4 Å². The van der Waals surface area contributed by atoms with Gasteiger partial charge in [0.1, 0.15) is 12.4 Å². The summed E-state index contributed by atoms with van der Waals surface area (Å²) < 4.78 is 12.9. The van der Waals surface area contributed by atoms with Gasteiger partial charge in [0.15, 0.2) is 5.69 Å². The van der Waals surface area contributed by atoms with E-state index in [2.05, 4.69) is 16.9 Å². The van der Waals surface area contributed by atoms with Crippen LogP contribution >= 0.6 is 0 Å². The maximum absolute atomic E-state index is 13.4. The molecule has 2 aliphatic rings. The number of aromatic nitrogens is 3. The third kappa shape index (κ3) is 3.09. The Morgan fingerprint density at radius 2 is 1.90 bits per heavy atom. The molecule has 1 aromatic carbocycles. The summed E-state index contributed by atoms with van der Waals surface area (Å²) in [6.07, 6.45) is 1.70. The Labute approximate surface area is 174 Å². The first kappa shape index (κ1) is 18.6. The molecular weight excluding hydrogens is 382 g/mol. The van der Waals surface area contributed by atoms with Crippen LogP contribution in [0.2, 0.25) is 0 Å². The third-order valence-corrected chi connectivity index (χ3v) is 5.67. The van der Waals surface area contributed by atoms with Gasteiger partial charge in [-0.05, 0) is 25.2 Å². The number of pyridine rings is 1. The van der Waals surface area contributed by atoms with Crippen LogP contribution in [0.5, 0.6) is 11.6 Å². The van der Waals surface area contributed by atoms with Gasteiger partial charge in [0.25, 0.3) is 5.91 Å². The number of benzene rings is 1. The molecule has 30 heavy (non-hydrogen) atoms. The summed E-state index contributed by atoms with van der Waals surface area (Å²) in [6.45, 7) is 3.41. The fraction of sp³-hybridized carbons (Fsp3) is 0.318. The molecule has 2 aromatic heterocycles. The molecule has 0 unspecified atom stereocenters. The average molecular weight is 405 g/mol. The molecule has 0 atom stereocenters. The van der Waals surface area contributed by atoms with Gasteiger partial charge in [-0.15, -0.1) is 0 Å². The monoisotopic (exact) mass is 405 g/mol. The van der Waals surface area contributed by atoms with Gasteiger partial charge in [-0.3, -0.25) is 4.79 Å². The van der Waals surface area contributed by atoms with Crippen molar-refractivity contribution in [3.05, 3.63) is 53.9 Å². The summed E-state index contributed by atoms with van der Waals surface area (Å²) >= 11 is 0. The second-order valence-electron chi connectivity index (χ2n) is 7.53. The molecule has 4 heterocycles. The molecule has 0 N–H and O–H groups in total. The number of piperazine rings is 1. The minimum atomic E-state index is -0.0532. The number of nitrogens with zero attached hydrogens (tertiary/aromatic N) is 5. The highest BCUT2D eigenvalue weighted by Crippen LogP contribution is 2.40. The zero-order chi connectivity index (χ0) is 20.7. The average Bonchev–Trinajstić information content (AvgIpc) is 3.19. The largest absolute Gasteiger partial charge is 0.488 e. The predicted molar refractivity (Wildman–Crippen MR) is 111 cm³/mol. The minimum absolute atomic E-state index is 0.0532. The number of likely N-dealkylation sites (N-methyl/N-ethyl adjacent to an activating group) is 1. The van der Waals surface area contributed by atoms with E-state index in [1.807, 2.05) is 35.2 Å². The third-order valence-electron chi connectivity index (χ3n) is 5.67. The van der Waals surface area contributed by atoms with Crippen LogP contribution in [-0.2, 0) is 6.61 Å². The Morgan fingerprint density at radius 1 is 1.10 bits per heavy atom. The first-order chi connectivity index (χ1) is 14.7. The highest BCUT2D eigenvalue weighted by atomic mass is 16.5. The number of para-hydroxylation sites is 1. The van der Waals surface area contributed by atoms with E-state index in [1.165, 1.54) is 0 Å². The molecule has 1 saturated heterocycles. The molecule has 154 valence electrons. The van der Waals surface area contributed by atoms with Gasteiger partial charge in [0.05, 0.1) is 24.7 Å². The van der Waals surface area contributed by atoms with Crippen LogP contribution in [0.15, 0.2) is 42.6 Å². The second-order valence-corrected chi connectivity index (χ2v) is 7.53.